The van der Waals surface area contributed by atoms with Gasteiger partial charge in [-0.2, -0.15) is 0 Å². The Bertz CT molecular complexity index is 1700. The van der Waals surface area contributed by atoms with Crippen molar-refractivity contribution in [1.29, 1.82) is 0 Å². The molecule has 1 aliphatic carbocycles. The van der Waals surface area contributed by atoms with Crippen molar-refractivity contribution in [3.8, 4) is 17.1 Å². The molecule has 1 fully saturated rings. The lowest BCUT2D eigenvalue weighted by molar-refractivity contribution is 0.315. The topological polar surface area (TPSA) is 141 Å². The van der Waals surface area contributed by atoms with Crippen molar-refractivity contribution in [1.82, 2.24) is 24.1 Å². The first-order valence-corrected chi connectivity index (χ1v) is 14.7. The third kappa shape index (κ3) is 5.47. The van der Waals surface area contributed by atoms with Gasteiger partial charge in [-0.3, -0.25) is 23.6 Å². The molecule has 0 atom stereocenters. The number of nitrogens with zero attached hydrogens (tertiary/aromatic N) is 4. The van der Waals surface area contributed by atoms with Crippen molar-refractivity contribution in [2.45, 2.75) is 56.9 Å². The molecule has 0 radical (unpaired) electrons. The summed E-state index contributed by atoms with van der Waals surface area (Å²) in [6, 6.07) is 7.60. The molecule has 5 rings (SSSR count). The van der Waals surface area contributed by atoms with E-state index in [0.29, 0.717) is 36.1 Å². The Hall–Kier alpha value is -3.93. The van der Waals surface area contributed by atoms with E-state index in [1.807, 2.05) is 6.92 Å². The number of imidazole rings is 1. The van der Waals surface area contributed by atoms with Gasteiger partial charge in [0.15, 0.2) is 5.65 Å². The molecule has 12 heteroatoms. The molecule has 3 heterocycles. The van der Waals surface area contributed by atoms with E-state index in [-0.39, 0.29) is 21.9 Å². The highest BCUT2D eigenvalue weighted by Crippen LogP contribution is 2.33. The number of ether oxygens (including phenoxy) is 1. The smallest absolute Gasteiger partial charge is 0.332 e. The molecule has 0 unspecified atom stereocenters. The standard InChI is InChI=1S/C27H32N6O5S/c1-3-15-38-22-10-9-20(39(36,37)31-19-11-13-28-14-12-19)16-21(22)24-29-23-25(30-24)33(27(35)32(2)26(23)34)17-18-7-5-4-6-8-18/h9-14,16,18H,3-8,15,17H2,1-2H3,(H,28,31)(H,29,30). The third-order valence-corrected chi connectivity index (χ3v) is 8.43. The van der Waals surface area contributed by atoms with Crippen LogP contribution in [0.4, 0.5) is 5.69 Å². The summed E-state index contributed by atoms with van der Waals surface area (Å²) in [7, 11) is -2.50. The summed E-state index contributed by atoms with van der Waals surface area (Å²) in [6.07, 6.45) is 9.20. The lowest BCUT2D eigenvalue weighted by Gasteiger charge is -2.22. The molecule has 1 saturated carbocycles. The van der Waals surface area contributed by atoms with Crippen LogP contribution in [-0.4, -0.2) is 39.1 Å². The molecule has 1 aliphatic rings. The second-order valence-corrected chi connectivity index (χ2v) is 11.6. The number of sulfonamides is 1. The van der Waals surface area contributed by atoms with Gasteiger partial charge >= 0.3 is 5.69 Å². The van der Waals surface area contributed by atoms with E-state index >= 15 is 0 Å². The molecule has 0 spiro atoms. The van der Waals surface area contributed by atoms with Crippen LogP contribution in [0.2, 0.25) is 0 Å². The molecule has 3 aromatic heterocycles. The molecule has 0 bridgehead atoms. The summed E-state index contributed by atoms with van der Waals surface area (Å²) in [5, 5.41) is 0. The zero-order chi connectivity index (χ0) is 27.6. The number of pyridine rings is 1. The Morgan fingerprint density at radius 1 is 1.10 bits per heavy atom. The van der Waals surface area contributed by atoms with E-state index in [0.717, 1.165) is 36.7 Å². The van der Waals surface area contributed by atoms with Crippen LogP contribution >= 0.6 is 0 Å². The molecule has 0 aliphatic heterocycles. The van der Waals surface area contributed by atoms with Crippen molar-refractivity contribution >= 4 is 26.9 Å². The molecule has 0 amide bonds. The van der Waals surface area contributed by atoms with Crippen LogP contribution in [0.3, 0.4) is 0 Å². The van der Waals surface area contributed by atoms with Crippen LogP contribution in [0.15, 0.2) is 57.2 Å². The Kier molecular flexibility index (Phi) is 7.56. The van der Waals surface area contributed by atoms with Crippen molar-refractivity contribution in [2.24, 2.45) is 13.0 Å². The van der Waals surface area contributed by atoms with Gasteiger partial charge in [0.05, 0.1) is 22.8 Å². The van der Waals surface area contributed by atoms with Gasteiger partial charge in [-0.25, -0.2) is 18.2 Å². The number of rotatable bonds is 9. The average molecular weight is 553 g/mol. The minimum atomic E-state index is -3.96. The minimum Gasteiger partial charge on any atom is -0.493 e. The minimum absolute atomic E-state index is 0.00823. The van der Waals surface area contributed by atoms with Gasteiger partial charge in [0.1, 0.15) is 17.1 Å². The van der Waals surface area contributed by atoms with Crippen LogP contribution in [0.25, 0.3) is 22.6 Å². The first kappa shape index (κ1) is 26.7. The van der Waals surface area contributed by atoms with Gasteiger partial charge in [0.2, 0.25) is 0 Å². The number of hydrogen-bond acceptors (Lipinski definition) is 7. The molecule has 4 aromatic rings. The van der Waals surface area contributed by atoms with Gasteiger partial charge in [-0.15, -0.1) is 0 Å². The normalized spacial score (nSPS) is 14.5. The van der Waals surface area contributed by atoms with Crippen LogP contribution in [0, 0.1) is 5.92 Å². The third-order valence-electron chi connectivity index (χ3n) is 7.05. The second kappa shape index (κ2) is 11.0. The fourth-order valence-electron chi connectivity index (χ4n) is 4.99. The van der Waals surface area contributed by atoms with Gasteiger partial charge in [0.25, 0.3) is 15.6 Å². The summed E-state index contributed by atoms with van der Waals surface area (Å²) < 4.78 is 37.5. The summed E-state index contributed by atoms with van der Waals surface area (Å²) in [5.41, 5.74) is 0.276. The second-order valence-electron chi connectivity index (χ2n) is 9.89. The Morgan fingerprint density at radius 3 is 2.56 bits per heavy atom. The number of fused-ring (bicyclic) bond motifs is 1. The number of nitrogens with one attached hydrogen (secondary N) is 2. The number of anilines is 1. The fraction of sp³-hybridized carbons (Fsp3) is 0.407. The first-order valence-electron chi connectivity index (χ1n) is 13.2. The molecule has 39 heavy (non-hydrogen) atoms. The molecule has 1 aromatic carbocycles. The van der Waals surface area contributed by atoms with E-state index in [4.69, 9.17) is 4.74 Å². The fourth-order valence-corrected chi connectivity index (χ4v) is 6.07. The Labute approximate surface area is 225 Å². The van der Waals surface area contributed by atoms with Gasteiger partial charge in [-0.1, -0.05) is 26.2 Å². The largest absolute Gasteiger partial charge is 0.493 e. The highest BCUT2D eigenvalue weighted by Gasteiger charge is 2.23. The number of aromatic amines is 1. The lowest BCUT2D eigenvalue weighted by atomic mass is 9.89. The average Bonchev–Trinajstić information content (AvgIpc) is 3.39. The highest BCUT2D eigenvalue weighted by atomic mass is 32.2. The molecule has 0 saturated heterocycles. The Balaban J connectivity index is 1.63. The van der Waals surface area contributed by atoms with Crippen LogP contribution < -0.4 is 20.7 Å². The highest BCUT2D eigenvalue weighted by molar-refractivity contribution is 7.92. The quantitative estimate of drug-likeness (QED) is 0.323. The summed E-state index contributed by atoms with van der Waals surface area (Å²) in [4.78, 5) is 37.9. The molecular formula is C27H32N6O5S. The van der Waals surface area contributed by atoms with Crippen LogP contribution in [-0.2, 0) is 23.6 Å². The van der Waals surface area contributed by atoms with E-state index in [2.05, 4.69) is 19.7 Å². The number of aromatic nitrogens is 5. The maximum Gasteiger partial charge on any atom is 0.332 e. The maximum absolute atomic E-state index is 13.2. The van der Waals surface area contributed by atoms with Gasteiger partial charge in [0, 0.05) is 26.0 Å². The summed E-state index contributed by atoms with van der Waals surface area (Å²) in [6.45, 7) is 2.84. The number of hydrogen-bond donors (Lipinski definition) is 2. The lowest BCUT2D eigenvalue weighted by Crippen LogP contribution is -2.39. The summed E-state index contributed by atoms with van der Waals surface area (Å²) in [5.74, 6) is 0.988. The molecular weight excluding hydrogens is 520 g/mol. The van der Waals surface area contributed by atoms with Gasteiger partial charge in [-0.05, 0) is 55.5 Å². The van der Waals surface area contributed by atoms with E-state index in [1.54, 1.807) is 22.8 Å². The molecule has 206 valence electrons. The monoisotopic (exact) mass is 552 g/mol. The SMILES string of the molecule is CCCOc1ccc(S(=O)(=O)Nc2ccncc2)cc1-c1nc2c([nH]1)c(=O)n(C)c(=O)n2CC1CCCCC1. The first-order chi connectivity index (χ1) is 18.8. The van der Waals surface area contributed by atoms with E-state index < -0.39 is 21.3 Å². The van der Waals surface area contributed by atoms with E-state index in [9.17, 15) is 18.0 Å². The zero-order valence-electron chi connectivity index (χ0n) is 22.0. The van der Waals surface area contributed by atoms with Crippen molar-refractivity contribution in [3.63, 3.8) is 0 Å². The maximum atomic E-state index is 13.2. The summed E-state index contributed by atoms with van der Waals surface area (Å²) >= 11 is 0. The van der Waals surface area contributed by atoms with Crippen LogP contribution in [0.5, 0.6) is 5.75 Å². The van der Waals surface area contributed by atoms with Crippen LogP contribution in [0.1, 0.15) is 45.4 Å². The molecule has 2 N–H and O–H groups in total. The number of H-pyrrole nitrogens is 1. The predicted molar refractivity (Wildman–Crippen MR) is 148 cm³/mol. The van der Waals surface area contributed by atoms with Crippen molar-refractivity contribution in [2.75, 3.05) is 11.3 Å². The molecule has 11 nitrogen and oxygen atoms in total. The van der Waals surface area contributed by atoms with Crippen molar-refractivity contribution in [3.05, 3.63) is 63.6 Å². The zero-order valence-corrected chi connectivity index (χ0v) is 22.8. The predicted octanol–water partition coefficient (Wildman–Crippen LogP) is 3.66. The Morgan fingerprint density at radius 2 is 1.85 bits per heavy atom. The van der Waals surface area contributed by atoms with Crippen molar-refractivity contribution < 1.29 is 13.2 Å². The van der Waals surface area contributed by atoms with Gasteiger partial charge < -0.3 is 9.72 Å². The number of benzene rings is 1. The van der Waals surface area contributed by atoms with E-state index in [1.165, 1.54) is 38.0 Å².